The van der Waals surface area contributed by atoms with E-state index in [0.29, 0.717) is 22.8 Å². The molecule has 2 N–H and O–H groups in total. The normalized spacial score (nSPS) is 13.2. The Balaban J connectivity index is 1.96. The molecule has 126 valence electrons. The maximum Gasteiger partial charge on any atom is 0.282 e. The molecular formula is C19H22ClN2O2+. The number of amides is 1. The molecule has 0 radical (unpaired) electrons. The zero-order valence-corrected chi connectivity index (χ0v) is 14.9. The van der Waals surface area contributed by atoms with Crippen LogP contribution in [0, 0.1) is 0 Å². The number of quaternary nitrogens is 1. The summed E-state index contributed by atoms with van der Waals surface area (Å²) in [4.78, 5) is 24.7. The van der Waals surface area contributed by atoms with Crippen LogP contribution in [0.5, 0.6) is 0 Å². The highest BCUT2D eigenvalue weighted by Crippen LogP contribution is 2.11. The van der Waals surface area contributed by atoms with Gasteiger partial charge in [-0.05, 0) is 50.2 Å². The van der Waals surface area contributed by atoms with Crippen LogP contribution in [0.4, 0.5) is 5.69 Å². The van der Waals surface area contributed by atoms with Crippen LogP contribution in [0.25, 0.3) is 0 Å². The summed E-state index contributed by atoms with van der Waals surface area (Å²) in [5.41, 5.74) is 2.41. The van der Waals surface area contributed by atoms with Gasteiger partial charge in [-0.15, -0.1) is 0 Å². The standard InChI is InChI=1S/C19H21ClN2O2/c1-13(22(3)12-15-5-4-6-17(20)11-15)19(24)21-18-9-7-16(8-10-18)14(2)23/h4-11,13H,12H2,1-3H3,(H,21,24)/p+1/t13-/m1/s1. The van der Waals surface area contributed by atoms with E-state index < -0.39 is 0 Å². The predicted molar refractivity (Wildman–Crippen MR) is 96.6 cm³/mol. The van der Waals surface area contributed by atoms with Gasteiger partial charge in [-0.3, -0.25) is 9.59 Å². The van der Waals surface area contributed by atoms with Crippen LogP contribution in [0.1, 0.15) is 29.8 Å². The van der Waals surface area contributed by atoms with E-state index >= 15 is 0 Å². The molecule has 0 aliphatic rings. The van der Waals surface area contributed by atoms with Gasteiger partial charge in [-0.1, -0.05) is 23.7 Å². The van der Waals surface area contributed by atoms with Gasteiger partial charge in [-0.2, -0.15) is 0 Å². The van der Waals surface area contributed by atoms with E-state index in [1.807, 2.05) is 38.2 Å². The largest absolute Gasteiger partial charge is 0.324 e. The molecule has 0 fully saturated rings. The minimum absolute atomic E-state index is 0.00643. The van der Waals surface area contributed by atoms with Gasteiger partial charge >= 0.3 is 0 Å². The molecule has 0 bridgehead atoms. The van der Waals surface area contributed by atoms with Crippen LogP contribution in [-0.2, 0) is 11.3 Å². The molecular weight excluding hydrogens is 324 g/mol. The highest BCUT2D eigenvalue weighted by molar-refractivity contribution is 6.30. The lowest BCUT2D eigenvalue weighted by molar-refractivity contribution is -0.907. The molecule has 0 aliphatic carbocycles. The molecule has 24 heavy (non-hydrogen) atoms. The lowest BCUT2D eigenvalue weighted by atomic mass is 10.1. The average molecular weight is 346 g/mol. The molecule has 0 spiro atoms. The van der Waals surface area contributed by atoms with Gasteiger partial charge in [0.2, 0.25) is 0 Å². The SMILES string of the molecule is CC(=O)c1ccc(NC(=O)[C@@H](C)[NH+](C)Cc2cccc(Cl)c2)cc1. The summed E-state index contributed by atoms with van der Waals surface area (Å²) in [7, 11) is 1.98. The molecule has 5 heteroatoms. The Hall–Kier alpha value is -2.17. The van der Waals surface area contributed by atoms with Crippen molar-refractivity contribution in [3.8, 4) is 0 Å². The minimum atomic E-state index is -0.225. The molecule has 4 nitrogen and oxygen atoms in total. The fourth-order valence-electron chi connectivity index (χ4n) is 2.38. The third-order valence-electron chi connectivity index (χ3n) is 4.06. The van der Waals surface area contributed by atoms with Crippen LogP contribution in [-0.4, -0.2) is 24.8 Å². The van der Waals surface area contributed by atoms with Crippen molar-refractivity contribution in [3.63, 3.8) is 0 Å². The zero-order valence-electron chi connectivity index (χ0n) is 14.1. The second-order valence-corrected chi connectivity index (χ2v) is 6.43. The van der Waals surface area contributed by atoms with Crippen molar-refractivity contribution in [3.05, 3.63) is 64.7 Å². The fraction of sp³-hybridized carbons (Fsp3) is 0.263. The maximum absolute atomic E-state index is 12.4. The Bertz CT molecular complexity index is 728. The number of anilines is 1. The molecule has 2 aromatic rings. The van der Waals surface area contributed by atoms with E-state index in [1.54, 1.807) is 24.3 Å². The van der Waals surface area contributed by atoms with Gasteiger partial charge in [-0.25, -0.2) is 0 Å². The highest BCUT2D eigenvalue weighted by atomic mass is 35.5. The summed E-state index contributed by atoms with van der Waals surface area (Å²) in [6.45, 7) is 4.11. The van der Waals surface area contributed by atoms with E-state index in [2.05, 4.69) is 5.32 Å². The van der Waals surface area contributed by atoms with Gasteiger partial charge in [0.15, 0.2) is 11.8 Å². The fourth-order valence-corrected chi connectivity index (χ4v) is 2.60. The molecule has 1 amide bonds. The molecule has 1 unspecified atom stereocenters. The Morgan fingerprint density at radius 1 is 1.17 bits per heavy atom. The predicted octanol–water partition coefficient (Wildman–Crippen LogP) is 2.58. The Morgan fingerprint density at radius 2 is 1.83 bits per heavy atom. The summed E-state index contributed by atoms with van der Waals surface area (Å²) < 4.78 is 0. The third kappa shape index (κ3) is 4.91. The Morgan fingerprint density at radius 3 is 2.42 bits per heavy atom. The Labute approximate surface area is 147 Å². The summed E-state index contributed by atoms with van der Waals surface area (Å²) in [5, 5.41) is 3.59. The second-order valence-electron chi connectivity index (χ2n) is 6.00. The van der Waals surface area contributed by atoms with Crippen LogP contribution in [0.3, 0.4) is 0 Å². The number of carbonyl (C=O) groups excluding carboxylic acids is 2. The van der Waals surface area contributed by atoms with Crippen molar-refractivity contribution in [1.29, 1.82) is 0 Å². The first kappa shape index (κ1) is 18.2. The van der Waals surface area contributed by atoms with Crippen LogP contribution in [0.2, 0.25) is 5.02 Å². The monoisotopic (exact) mass is 345 g/mol. The van der Waals surface area contributed by atoms with E-state index in [4.69, 9.17) is 11.6 Å². The lowest BCUT2D eigenvalue weighted by Gasteiger charge is -2.21. The second kappa shape index (κ2) is 8.08. The highest BCUT2D eigenvalue weighted by Gasteiger charge is 2.22. The molecule has 0 aromatic heterocycles. The number of likely N-dealkylation sites (N-methyl/N-ethyl adjacent to an activating group) is 1. The summed E-state index contributed by atoms with van der Waals surface area (Å²) >= 11 is 6.00. The quantitative estimate of drug-likeness (QED) is 0.791. The molecule has 2 aromatic carbocycles. The van der Waals surface area contributed by atoms with Crippen molar-refractivity contribution in [2.45, 2.75) is 26.4 Å². The summed E-state index contributed by atoms with van der Waals surface area (Å²) in [6, 6.07) is 14.3. The van der Waals surface area contributed by atoms with E-state index in [1.165, 1.54) is 6.92 Å². The number of hydrogen-bond acceptors (Lipinski definition) is 2. The number of benzene rings is 2. The smallest absolute Gasteiger partial charge is 0.282 e. The first-order chi connectivity index (χ1) is 11.4. The van der Waals surface area contributed by atoms with Crippen molar-refractivity contribution in [1.82, 2.24) is 0 Å². The molecule has 0 saturated carbocycles. The van der Waals surface area contributed by atoms with Crippen LogP contribution in [0.15, 0.2) is 48.5 Å². The van der Waals surface area contributed by atoms with Crippen molar-refractivity contribution in [2.24, 2.45) is 0 Å². The zero-order chi connectivity index (χ0) is 17.7. The first-order valence-electron chi connectivity index (χ1n) is 7.85. The third-order valence-corrected chi connectivity index (χ3v) is 4.30. The number of hydrogen-bond donors (Lipinski definition) is 2. The van der Waals surface area contributed by atoms with Gasteiger partial charge in [0.05, 0.1) is 7.05 Å². The number of Topliss-reactive ketones (excluding diaryl/α,β-unsaturated/α-hetero) is 1. The molecule has 0 heterocycles. The Kier molecular flexibility index (Phi) is 6.12. The molecule has 2 rings (SSSR count). The average Bonchev–Trinajstić information content (AvgIpc) is 2.54. The summed E-state index contributed by atoms with van der Waals surface area (Å²) in [5.74, 6) is -0.0583. The van der Waals surface area contributed by atoms with E-state index in [9.17, 15) is 9.59 Å². The van der Waals surface area contributed by atoms with Crippen molar-refractivity contribution < 1.29 is 14.5 Å². The number of nitrogens with one attached hydrogen (secondary N) is 2. The lowest BCUT2D eigenvalue weighted by Crippen LogP contribution is -3.12. The number of carbonyl (C=O) groups is 2. The van der Waals surface area contributed by atoms with Crippen molar-refractivity contribution >= 4 is 29.0 Å². The van der Waals surface area contributed by atoms with Crippen LogP contribution >= 0.6 is 11.6 Å². The molecule has 0 saturated heterocycles. The van der Waals surface area contributed by atoms with Crippen LogP contribution < -0.4 is 10.2 Å². The van der Waals surface area contributed by atoms with E-state index in [-0.39, 0.29) is 17.7 Å². The van der Waals surface area contributed by atoms with Gasteiger partial charge < -0.3 is 10.2 Å². The molecule has 0 aliphatic heterocycles. The topological polar surface area (TPSA) is 50.6 Å². The number of ketones is 1. The van der Waals surface area contributed by atoms with Gasteiger partial charge in [0.25, 0.3) is 5.91 Å². The number of rotatable bonds is 6. The first-order valence-corrected chi connectivity index (χ1v) is 8.23. The molecule has 2 atom stereocenters. The van der Waals surface area contributed by atoms with Gasteiger partial charge in [0, 0.05) is 21.8 Å². The van der Waals surface area contributed by atoms with Crippen molar-refractivity contribution in [2.75, 3.05) is 12.4 Å². The number of halogens is 1. The minimum Gasteiger partial charge on any atom is -0.324 e. The van der Waals surface area contributed by atoms with E-state index in [0.717, 1.165) is 10.5 Å². The summed E-state index contributed by atoms with van der Waals surface area (Å²) in [6.07, 6.45) is 0. The maximum atomic E-state index is 12.4. The van der Waals surface area contributed by atoms with Gasteiger partial charge in [0.1, 0.15) is 6.54 Å².